The summed E-state index contributed by atoms with van der Waals surface area (Å²) in [6, 6.07) is 0. The van der Waals surface area contributed by atoms with Gasteiger partial charge in [0.15, 0.2) is 0 Å². The van der Waals surface area contributed by atoms with Crippen molar-refractivity contribution in [2.75, 3.05) is 0 Å². The first-order chi connectivity index (χ1) is 3.31. The Bertz CT molecular complexity index is 72.1. The number of carbonyl (C=O) groups excluding carboxylic acids is 2. The van der Waals surface area contributed by atoms with Crippen LogP contribution in [0.4, 0.5) is 0 Å². The van der Waals surface area contributed by atoms with E-state index in [2.05, 4.69) is 12.6 Å². The monoisotopic (exact) mass is 118 g/mol. The molecule has 0 fully saturated rings. The molecule has 0 bridgehead atoms. The third kappa shape index (κ3) is 3.52. The molecule has 1 unspecified atom stereocenters. The summed E-state index contributed by atoms with van der Waals surface area (Å²) < 4.78 is 0. The van der Waals surface area contributed by atoms with Crippen LogP contribution >= 0.6 is 12.6 Å². The van der Waals surface area contributed by atoms with Crippen LogP contribution in [0, 0.1) is 0 Å². The summed E-state index contributed by atoms with van der Waals surface area (Å²) in [6.07, 6.45) is 1.52. The average molecular weight is 118 g/mol. The van der Waals surface area contributed by atoms with Gasteiger partial charge in [-0.25, -0.2) is 0 Å². The van der Waals surface area contributed by atoms with Crippen molar-refractivity contribution in [1.82, 2.24) is 0 Å². The molecule has 0 heterocycles. The molecule has 0 N–H and O–H groups in total. The van der Waals surface area contributed by atoms with Crippen molar-refractivity contribution in [2.24, 2.45) is 0 Å². The van der Waals surface area contributed by atoms with Crippen LogP contribution in [0.25, 0.3) is 0 Å². The van der Waals surface area contributed by atoms with Crippen LogP contribution in [0.3, 0.4) is 0 Å². The maximum atomic E-state index is 9.66. The third-order valence-corrected chi connectivity index (χ3v) is 0.827. The first-order valence-corrected chi connectivity index (χ1v) is 2.40. The van der Waals surface area contributed by atoms with Crippen LogP contribution in [0.15, 0.2) is 0 Å². The number of thiol groups is 1. The Kier molecular flexibility index (Phi) is 3.69. The van der Waals surface area contributed by atoms with E-state index in [4.69, 9.17) is 0 Å². The Morgan fingerprint density at radius 1 is 1.57 bits per heavy atom. The molecule has 0 radical (unpaired) electrons. The predicted molar refractivity (Wildman–Crippen MR) is 29.5 cm³/mol. The van der Waals surface area contributed by atoms with E-state index in [1.807, 2.05) is 0 Å². The zero-order chi connectivity index (χ0) is 5.70. The van der Waals surface area contributed by atoms with E-state index >= 15 is 0 Å². The standard InChI is InChI=1S/C4H6O2S/c5-2-1-4(7)3-6/h2-4,7H,1H2. The second kappa shape index (κ2) is 3.87. The van der Waals surface area contributed by atoms with Crippen LogP contribution in [0.5, 0.6) is 0 Å². The highest BCUT2D eigenvalue weighted by Gasteiger charge is 1.94. The quantitative estimate of drug-likeness (QED) is 0.420. The van der Waals surface area contributed by atoms with E-state index < -0.39 is 5.25 Å². The molecule has 0 aliphatic rings. The maximum absolute atomic E-state index is 9.66. The van der Waals surface area contributed by atoms with Gasteiger partial charge in [0.05, 0.1) is 5.25 Å². The van der Waals surface area contributed by atoms with Gasteiger partial charge in [0.1, 0.15) is 12.6 Å². The lowest BCUT2D eigenvalue weighted by Crippen LogP contribution is -1.98. The average Bonchev–Trinajstić information content (AvgIpc) is 1.68. The molecule has 0 saturated carbocycles. The second-order valence-corrected chi connectivity index (χ2v) is 1.77. The molecule has 0 saturated heterocycles. The Hall–Kier alpha value is -0.310. The van der Waals surface area contributed by atoms with Gasteiger partial charge in [-0.05, 0) is 0 Å². The molecule has 0 rings (SSSR count). The number of rotatable bonds is 3. The van der Waals surface area contributed by atoms with E-state index in [1.54, 1.807) is 0 Å². The molecule has 0 aromatic carbocycles. The fourth-order valence-corrected chi connectivity index (χ4v) is 0.240. The van der Waals surface area contributed by atoms with Crippen molar-refractivity contribution in [3.05, 3.63) is 0 Å². The molecular weight excluding hydrogens is 112 g/mol. The molecule has 2 nitrogen and oxygen atoms in total. The van der Waals surface area contributed by atoms with E-state index in [9.17, 15) is 9.59 Å². The molecule has 0 aromatic heterocycles. The van der Waals surface area contributed by atoms with Gasteiger partial charge in [0.25, 0.3) is 0 Å². The van der Waals surface area contributed by atoms with Crippen molar-refractivity contribution >= 4 is 25.2 Å². The molecule has 40 valence electrons. The maximum Gasteiger partial charge on any atom is 0.133 e. The summed E-state index contributed by atoms with van der Waals surface area (Å²) in [6.45, 7) is 0. The highest BCUT2D eigenvalue weighted by Crippen LogP contribution is 1.91. The van der Waals surface area contributed by atoms with Crippen LogP contribution in [0.1, 0.15) is 6.42 Å². The van der Waals surface area contributed by atoms with Gasteiger partial charge in [0, 0.05) is 6.42 Å². The lowest BCUT2D eigenvalue weighted by molar-refractivity contribution is -0.111. The van der Waals surface area contributed by atoms with E-state index in [0.717, 1.165) is 0 Å². The summed E-state index contributed by atoms with van der Waals surface area (Å²) in [5.41, 5.74) is 0. The van der Waals surface area contributed by atoms with Crippen molar-refractivity contribution in [3.8, 4) is 0 Å². The fraction of sp³-hybridized carbons (Fsp3) is 0.500. The normalized spacial score (nSPS) is 12.7. The second-order valence-electron chi connectivity index (χ2n) is 1.11. The fourth-order valence-electron chi connectivity index (χ4n) is 0.154. The summed E-state index contributed by atoms with van der Waals surface area (Å²) >= 11 is 3.71. The molecule has 3 heteroatoms. The zero-order valence-electron chi connectivity index (χ0n) is 3.70. The Balaban J connectivity index is 3.15. The highest BCUT2D eigenvalue weighted by molar-refractivity contribution is 7.81. The van der Waals surface area contributed by atoms with Gasteiger partial charge in [0.2, 0.25) is 0 Å². The van der Waals surface area contributed by atoms with Crippen LogP contribution in [-0.4, -0.2) is 17.8 Å². The first-order valence-electron chi connectivity index (χ1n) is 1.88. The smallest absolute Gasteiger partial charge is 0.133 e. The van der Waals surface area contributed by atoms with Gasteiger partial charge in [-0.2, -0.15) is 12.6 Å². The first kappa shape index (κ1) is 6.69. The molecule has 1 atom stereocenters. The van der Waals surface area contributed by atoms with Crippen LogP contribution < -0.4 is 0 Å². The van der Waals surface area contributed by atoms with Crippen LogP contribution in [0.2, 0.25) is 0 Å². The van der Waals surface area contributed by atoms with Crippen molar-refractivity contribution in [2.45, 2.75) is 11.7 Å². The molecule has 0 aromatic rings. The van der Waals surface area contributed by atoms with E-state index in [0.29, 0.717) is 12.6 Å². The van der Waals surface area contributed by atoms with Crippen molar-refractivity contribution in [1.29, 1.82) is 0 Å². The summed E-state index contributed by atoms with van der Waals surface area (Å²) in [4.78, 5) is 19.2. The highest BCUT2D eigenvalue weighted by atomic mass is 32.1. The lowest BCUT2D eigenvalue weighted by atomic mass is 10.4. The number of aldehydes is 2. The zero-order valence-corrected chi connectivity index (χ0v) is 4.60. The SMILES string of the molecule is O=CCC(S)C=O. The Labute approximate surface area is 47.3 Å². The van der Waals surface area contributed by atoms with Gasteiger partial charge >= 0.3 is 0 Å². The van der Waals surface area contributed by atoms with E-state index in [1.165, 1.54) is 0 Å². The summed E-state index contributed by atoms with van der Waals surface area (Å²) in [5.74, 6) is 0. The number of hydrogen-bond donors (Lipinski definition) is 1. The molecule has 0 amide bonds. The van der Waals surface area contributed by atoms with Gasteiger partial charge in [-0.3, -0.25) is 0 Å². The minimum Gasteiger partial charge on any atom is -0.303 e. The largest absolute Gasteiger partial charge is 0.303 e. The minimum atomic E-state index is -0.405. The Morgan fingerprint density at radius 3 is 2.29 bits per heavy atom. The van der Waals surface area contributed by atoms with Gasteiger partial charge in [-0.1, -0.05) is 0 Å². The molecule has 7 heavy (non-hydrogen) atoms. The molecular formula is C4H6O2S. The Morgan fingerprint density at radius 2 is 2.14 bits per heavy atom. The summed E-state index contributed by atoms with van der Waals surface area (Å²) in [5, 5.41) is -0.405. The van der Waals surface area contributed by atoms with E-state index in [-0.39, 0.29) is 6.42 Å². The topological polar surface area (TPSA) is 34.1 Å². The van der Waals surface area contributed by atoms with Crippen LogP contribution in [-0.2, 0) is 9.59 Å². The molecule has 0 aliphatic carbocycles. The van der Waals surface area contributed by atoms with Crippen molar-refractivity contribution < 1.29 is 9.59 Å². The minimum absolute atomic E-state index is 0.215. The van der Waals surface area contributed by atoms with Gasteiger partial charge < -0.3 is 9.59 Å². The number of hydrogen-bond acceptors (Lipinski definition) is 3. The third-order valence-electron chi connectivity index (χ3n) is 0.495. The molecule has 0 aliphatic heterocycles. The van der Waals surface area contributed by atoms with Gasteiger partial charge in [-0.15, -0.1) is 0 Å². The molecule has 0 spiro atoms. The van der Waals surface area contributed by atoms with Crippen molar-refractivity contribution in [3.63, 3.8) is 0 Å². The number of carbonyl (C=O) groups is 2. The predicted octanol–water partition coefficient (Wildman–Crippen LogP) is 0.0727. The summed E-state index contributed by atoms with van der Waals surface area (Å²) in [7, 11) is 0. The lowest BCUT2D eigenvalue weighted by Gasteiger charge is -1.88.